The van der Waals surface area contributed by atoms with Crippen LogP contribution in [0.15, 0.2) is 99.1 Å². The summed E-state index contributed by atoms with van der Waals surface area (Å²) in [7, 11) is 0. The van der Waals surface area contributed by atoms with Crippen LogP contribution in [-0.2, 0) is 0 Å². The largest absolute Gasteiger partial charge is 0.289 e. The van der Waals surface area contributed by atoms with E-state index < -0.39 is 0 Å². The molecule has 0 fully saturated rings. The number of halogens is 1. The van der Waals surface area contributed by atoms with E-state index in [4.69, 9.17) is 11.6 Å². The van der Waals surface area contributed by atoms with Gasteiger partial charge < -0.3 is 0 Å². The third-order valence-corrected chi connectivity index (χ3v) is 5.60. The normalized spacial score (nSPS) is 11.5. The number of hydrogen-bond donors (Lipinski definition) is 0. The van der Waals surface area contributed by atoms with Crippen molar-refractivity contribution in [3.63, 3.8) is 0 Å². The first-order valence-electron chi connectivity index (χ1n) is 8.17. The topological polar surface area (TPSA) is 17.1 Å². The third kappa shape index (κ3) is 5.94. The Balaban J connectivity index is 2.09. The first-order valence-corrected chi connectivity index (χ1v) is 10.2. The third-order valence-electron chi connectivity index (χ3n) is 3.37. The van der Waals surface area contributed by atoms with Crippen LogP contribution in [-0.4, -0.2) is 11.0 Å². The van der Waals surface area contributed by atoms with Crippen molar-refractivity contribution in [2.24, 2.45) is 0 Å². The first kappa shape index (κ1) is 20.6. The molecule has 0 aliphatic heterocycles. The van der Waals surface area contributed by atoms with Crippen molar-refractivity contribution < 1.29 is 4.79 Å². The molecule has 2 aromatic carbocycles. The molecule has 0 aliphatic rings. The maximum atomic E-state index is 12.5. The fourth-order valence-electron chi connectivity index (χ4n) is 2.23. The summed E-state index contributed by atoms with van der Waals surface area (Å²) in [5.74, 6) is -0.156. The van der Waals surface area contributed by atoms with Crippen molar-refractivity contribution in [2.75, 3.05) is 0 Å². The van der Waals surface area contributed by atoms with Crippen LogP contribution in [0.4, 0.5) is 0 Å². The highest BCUT2D eigenvalue weighted by atomic mass is 35.5. The molecule has 0 amide bonds. The number of carbonyl (C=O) groups is 1. The van der Waals surface area contributed by atoms with Gasteiger partial charge >= 0.3 is 0 Å². The zero-order chi connectivity index (χ0) is 19.1. The molecule has 0 spiro atoms. The van der Waals surface area contributed by atoms with Gasteiger partial charge in [-0.25, -0.2) is 0 Å². The van der Waals surface area contributed by atoms with Gasteiger partial charge in [-0.2, -0.15) is 0 Å². The van der Waals surface area contributed by atoms with E-state index in [0.29, 0.717) is 16.4 Å². The summed E-state index contributed by atoms with van der Waals surface area (Å²) in [6, 6.07) is 16.0. The van der Waals surface area contributed by atoms with Gasteiger partial charge in [-0.05, 0) is 48.5 Å². The number of benzene rings is 2. The Morgan fingerprint density at radius 1 is 1.00 bits per heavy atom. The molecule has 0 aliphatic carbocycles. The van der Waals surface area contributed by atoms with E-state index in [-0.39, 0.29) is 10.8 Å². The number of ketones is 1. The standard InChI is InChI=1S/C22H21ClOS2/c1-5-6-21(16(4)23)22(24)17-7-9-19(10-8-17)26-20-13-11-18(12-14-20)25-15(2)3/h5-15H,1,4H2,2-3H3/b21-6+. The second-order valence-electron chi connectivity index (χ2n) is 5.81. The summed E-state index contributed by atoms with van der Waals surface area (Å²) in [4.78, 5) is 16.0. The minimum atomic E-state index is -0.156. The van der Waals surface area contributed by atoms with Gasteiger partial charge in [0.05, 0.1) is 0 Å². The van der Waals surface area contributed by atoms with Crippen molar-refractivity contribution in [1.82, 2.24) is 0 Å². The van der Waals surface area contributed by atoms with E-state index in [0.717, 1.165) is 4.90 Å². The van der Waals surface area contributed by atoms with E-state index in [1.165, 1.54) is 15.9 Å². The average Bonchev–Trinajstić information content (AvgIpc) is 2.61. The van der Waals surface area contributed by atoms with E-state index in [1.807, 2.05) is 36.0 Å². The van der Waals surface area contributed by atoms with Crippen molar-refractivity contribution in [1.29, 1.82) is 0 Å². The highest BCUT2D eigenvalue weighted by Gasteiger charge is 2.13. The van der Waals surface area contributed by atoms with E-state index >= 15 is 0 Å². The fraction of sp³-hybridized carbons (Fsp3) is 0.136. The molecule has 134 valence electrons. The molecule has 1 nitrogen and oxygen atoms in total. The van der Waals surface area contributed by atoms with Crippen molar-refractivity contribution in [3.05, 3.63) is 90.0 Å². The van der Waals surface area contributed by atoms with E-state index in [1.54, 1.807) is 17.8 Å². The highest BCUT2D eigenvalue weighted by molar-refractivity contribution is 8.00. The van der Waals surface area contributed by atoms with Gasteiger partial charge in [-0.15, -0.1) is 11.8 Å². The lowest BCUT2D eigenvalue weighted by Crippen LogP contribution is -2.03. The molecular weight excluding hydrogens is 380 g/mol. The molecule has 2 aromatic rings. The fourth-order valence-corrected chi connectivity index (χ4v) is 4.03. The Labute approximate surface area is 169 Å². The quantitative estimate of drug-likeness (QED) is 0.199. The van der Waals surface area contributed by atoms with Gasteiger partial charge in [0.25, 0.3) is 0 Å². The minimum Gasteiger partial charge on any atom is -0.289 e. The molecule has 0 saturated carbocycles. The SMILES string of the molecule is C=C/C=C(\C(=C)Cl)C(=O)c1ccc(Sc2ccc(SC(C)C)cc2)cc1. The Morgan fingerprint density at radius 3 is 1.96 bits per heavy atom. The molecule has 0 saturated heterocycles. The monoisotopic (exact) mass is 400 g/mol. The zero-order valence-corrected chi connectivity index (χ0v) is 17.3. The van der Waals surface area contributed by atoms with Gasteiger partial charge in [0, 0.05) is 36.1 Å². The van der Waals surface area contributed by atoms with Crippen molar-refractivity contribution >= 4 is 40.9 Å². The van der Waals surface area contributed by atoms with Gasteiger partial charge in [-0.3, -0.25) is 4.79 Å². The van der Waals surface area contributed by atoms with Crippen molar-refractivity contribution in [3.8, 4) is 0 Å². The van der Waals surface area contributed by atoms with E-state index in [2.05, 4.69) is 51.3 Å². The Kier molecular flexibility index (Phi) is 7.83. The maximum absolute atomic E-state index is 12.5. The number of allylic oxidation sites excluding steroid dienone is 4. The van der Waals surface area contributed by atoms with Gasteiger partial charge in [0.15, 0.2) is 5.78 Å². The van der Waals surface area contributed by atoms with Crippen LogP contribution in [0, 0.1) is 0 Å². The van der Waals surface area contributed by atoms with Crippen molar-refractivity contribution in [2.45, 2.75) is 33.8 Å². The highest BCUT2D eigenvalue weighted by Crippen LogP contribution is 2.31. The smallest absolute Gasteiger partial charge is 0.194 e. The number of Topliss-reactive ketones (excluding diaryl/α,β-unsaturated/α-hetero) is 1. The first-order chi connectivity index (χ1) is 12.4. The molecule has 0 aromatic heterocycles. The Bertz CT molecular complexity index is 818. The summed E-state index contributed by atoms with van der Waals surface area (Å²) in [5.41, 5.74) is 0.938. The lowest BCUT2D eigenvalue weighted by molar-refractivity contribution is 0.103. The second kappa shape index (κ2) is 9.86. The molecule has 0 bridgehead atoms. The number of hydrogen-bond acceptors (Lipinski definition) is 3. The number of thioether (sulfide) groups is 1. The number of carbonyl (C=O) groups excluding carboxylic acids is 1. The zero-order valence-electron chi connectivity index (χ0n) is 14.9. The molecule has 0 unspecified atom stereocenters. The predicted molar refractivity (Wildman–Crippen MR) is 116 cm³/mol. The molecule has 0 radical (unpaired) electrons. The van der Waals surface area contributed by atoms with Crippen LogP contribution in [0.3, 0.4) is 0 Å². The summed E-state index contributed by atoms with van der Waals surface area (Å²) < 4.78 is 0. The maximum Gasteiger partial charge on any atom is 0.194 e. The Hall–Kier alpha value is -1.68. The van der Waals surface area contributed by atoms with Crippen LogP contribution in [0.1, 0.15) is 24.2 Å². The average molecular weight is 401 g/mol. The lowest BCUT2D eigenvalue weighted by Gasteiger charge is -2.07. The molecule has 2 rings (SSSR count). The summed E-state index contributed by atoms with van der Waals surface area (Å²) in [5, 5.41) is 0.787. The van der Waals surface area contributed by atoms with Crippen LogP contribution in [0.25, 0.3) is 0 Å². The predicted octanol–water partition coefficient (Wildman–Crippen LogP) is 7.39. The molecule has 0 heterocycles. The minimum absolute atomic E-state index is 0.156. The van der Waals surface area contributed by atoms with Gasteiger partial charge in [0.2, 0.25) is 0 Å². The lowest BCUT2D eigenvalue weighted by atomic mass is 10.0. The van der Waals surface area contributed by atoms with Gasteiger partial charge in [0.1, 0.15) is 0 Å². The summed E-state index contributed by atoms with van der Waals surface area (Å²) in [6.45, 7) is 11.6. The van der Waals surface area contributed by atoms with Crippen LogP contribution in [0.2, 0.25) is 0 Å². The van der Waals surface area contributed by atoms with Crippen LogP contribution in [0.5, 0.6) is 0 Å². The Morgan fingerprint density at radius 2 is 1.50 bits per heavy atom. The molecular formula is C22H21ClOS2. The summed E-state index contributed by atoms with van der Waals surface area (Å²) >= 11 is 9.43. The second-order valence-corrected chi connectivity index (χ2v) is 9.07. The molecule has 0 N–H and O–H groups in total. The van der Waals surface area contributed by atoms with Crippen LogP contribution < -0.4 is 0 Å². The van der Waals surface area contributed by atoms with Gasteiger partial charge in [-0.1, -0.05) is 62.5 Å². The molecule has 0 atom stereocenters. The molecule has 26 heavy (non-hydrogen) atoms. The summed E-state index contributed by atoms with van der Waals surface area (Å²) in [6.07, 6.45) is 3.11. The van der Waals surface area contributed by atoms with E-state index in [9.17, 15) is 4.79 Å². The molecule has 4 heteroatoms. The van der Waals surface area contributed by atoms with Crippen LogP contribution >= 0.6 is 35.1 Å². The number of rotatable bonds is 8.